The van der Waals surface area contributed by atoms with E-state index in [1.165, 1.54) is 0 Å². The van der Waals surface area contributed by atoms with E-state index in [2.05, 4.69) is 36.3 Å². The molecule has 0 atom stereocenters. The Morgan fingerprint density at radius 1 is 1.38 bits per heavy atom. The van der Waals surface area contributed by atoms with E-state index in [0.717, 1.165) is 24.2 Å². The highest BCUT2D eigenvalue weighted by atomic mass is 16.1. The first-order chi connectivity index (χ1) is 7.43. The number of aromatic amines is 1. The van der Waals surface area contributed by atoms with Gasteiger partial charge in [-0.2, -0.15) is 5.10 Å². The molecule has 4 nitrogen and oxygen atoms in total. The fraction of sp³-hybridized carbons (Fsp3) is 0.667. The van der Waals surface area contributed by atoms with Gasteiger partial charge in [0.05, 0.1) is 11.3 Å². The molecule has 0 fully saturated rings. The summed E-state index contributed by atoms with van der Waals surface area (Å²) in [4.78, 5) is 12.1. The van der Waals surface area contributed by atoms with E-state index < -0.39 is 0 Å². The minimum Gasteiger partial charge on any atom is -0.347 e. The molecule has 4 heteroatoms. The Kier molecular flexibility index (Phi) is 3.73. The van der Waals surface area contributed by atoms with Crippen molar-refractivity contribution in [1.29, 1.82) is 0 Å². The second kappa shape index (κ2) is 4.68. The smallest absolute Gasteiger partial charge is 0.255 e. The van der Waals surface area contributed by atoms with Gasteiger partial charge in [0.15, 0.2) is 0 Å². The Labute approximate surface area is 96.8 Å². The van der Waals surface area contributed by atoms with Gasteiger partial charge in [-0.1, -0.05) is 13.8 Å². The van der Waals surface area contributed by atoms with Gasteiger partial charge in [-0.3, -0.25) is 9.89 Å². The van der Waals surface area contributed by atoms with Crippen molar-refractivity contribution in [2.24, 2.45) is 0 Å². The highest BCUT2D eigenvalue weighted by Crippen LogP contribution is 2.16. The molecule has 1 aromatic heterocycles. The molecule has 0 radical (unpaired) electrons. The zero-order valence-corrected chi connectivity index (χ0v) is 10.8. The number of carbonyl (C=O) groups excluding carboxylic acids is 1. The maximum absolute atomic E-state index is 12.1. The fourth-order valence-corrected chi connectivity index (χ4v) is 1.65. The SMILES string of the molecule is CCC(C)(CC)NC(=O)c1c(C)n[nH]c1C. The molecule has 0 saturated carbocycles. The minimum atomic E-state index is -0.132. The van der Waals surface area contributed by atoms with E-state index in [1.807, 2.05) is 13.8 Å². The molecule has 0 aliphatic heterocycles. The van der Waals surface area contributed by atoms with Gasteiger partial charge < -0.3 is 5.32 Å². The maximum Gasteiger partial charge on any atom is 0.255 e. The summed E-state index contributed by atoms with van der Waals surface area (Å²) in [6, 6.07) is 0. The first-order valence-electron chi connectivity index (χ1n) is 5.77. The predicted molar refractivity (Wildman–Crippen MR) is 64.5 cm³/mol. The standard InChI is InChI=1S/C12H21N3O/c1-6-12(5,7-2)13-11(16)10-8(3)14-15-9(10)4/h6-7H2,1-5H3,(H,13,16)(H,14,15). The van der Waals surface area contributed by atoms with Crippen molar-refractivity contribution in [3.63, 3.8) is 0 Å². The Morgan fingerprint density at radius 2 is 1.94 bits per heavy atom. The summed E-state index contributed by atoms with van der Waals surface area (Å²) in [6.45, 7) is 9.94. The lowest BCUT2D eigenvalue weighted by Crippen LogP contribution is -2.45. The van der Waals surface area contributed by atoms with E-state index >= 15 is 0 Å². The molecule has 0 bridgehead atoms. The summed E-state index contributed by atoms with van der Waals surface area (Å²) >= 11 is 0. The number of H-pyrrole nitrogens is 1. The van der Waals surface area contributed by atoms with Gasteiger partial charge in [0.25, 0.3) is 5.91 Å². The van der Waals surface area contributed by atoms with Crippen LogP contribution in [0.1, 0.15) is 55.4 Å². The van der Waals surface area contributed by atoms with E-state index in [4.69, 9.17) is 0 Å². The summed E-state index contributed by atoms with van der Waals surface area (Å²) in [5, 5.41) is 9.94. The van der Waals surface area contributed by atoms with Gasteiger partial charge in [0, 0.05) is 11.2 Å². The molecule has 0 unspecified atom stereocenters. The number of amides is 1. The number of hydrogen-bond donors (Lipinski definition) is 2. The van der Waals surface area contributed by atoms with Crippen LogP contribution in [0.25, 0.3) is 0 Å². The van der Waals surface area contributed by atoms with Crippen LogP contribution in [0.5, 0.6) is 0 Å². The summed E-state index contributed by atoms with van der Waals surface area (Å²) in [7, 11) is 0. The highest BCUT2D eigenvalue weighted by Gasteiger charge is 2.25. The maximum atomic E-state index is 12.1. The topological polar surface area (TPSA) is 57.8 Å². The van der Waals surface area contributed by atoms with Gasteiger partial charge in [0.2, 0.25) is 0 Å². The number of rotatable bonds is 4. The van der Waals surface area contributed by atoms with Crippen molar-refractivity contribution in [2.75, 3.05) is 0 Å². The average molecular weight is 223 g/mol. The summed E-state index contributed by atoms with van der Waals surface area (Å²) < 4.78 is 0. The van der Waals surface area contributed by atoms with E-state index in [0.29, 0.717) is 5.56 Å². The van der Waals surface area contributed by atoms with Crippen LogP contribution in [-0.4, -0.2) is 21.6 Å². The first kappa shape index (κ1) is 12.7. The Bertz CT molecular complexity index is 358. The van der Waals surface area contributed by atoms with Crippen molar-refractivity contribution >= 4 is 5.91 Å². The number of aryl methyl sites for hydroxylation is 2. The van der Waals surface area contributed by atoms with Crippen molar-refractivity contribution < 1.29 is 4.79 Å². The molecule has 0 aliphatic carbocycles. The third-order valence-electron chi connectivity index (χ3n) is 3.33. The zero-order valence-electron chi connectivity index (χ0n) is 10.8. The molecule has 0 aliphatic rings. The van der Waals surface area contributed by atoms with Crippen molar-refractivity contribution in [3.05, 3.63) is 17.0 Å². The molecular formula is C12H21N3O. The molecular weight excluding hydrogens is 202 g/mol. The van der Waals surface area contributed by atoms with Crippen molar-refractivity contribution in [3.8, 4) is 0 Å². The van der Waals surface area contributed by atoms with E-state index in [1.54, 1.807) is 0 Å². The fourth-order valence-electron chi connectivity index (χ4n) is 1.65. The average Bonchev–Trinajstić information content (AvgIpc) is 2.58. The molecule has 0 saturated heterocycles. The molecule has 0 aromatic carbocycles. The lowest BCUT2D eigenvalue weighted by Gasteiger charge is -2.28. The molecule has 16 heavy (non-hydrogen) atoms. The zero-order chi connectivity index (χ0) is 12.3. The van der Waals surface area contributed by atoms with Gasteiger partial charge in [-0.05, 0) is 33.6 Å². The second-order valence-corrected chi connectivity index (χ2v) is 4.53. The molecule has 1 aromatic rings. The Hall–Kier alpha value is -1.32. The van der Waals surface area contributed by atoms with Crippen molar-refractivity contribution in [1.82, 2.24) is 15.5 Å². The van der Waals surface area contributed by atoms with Gasteiger partial charge in [-0.15, -0.1) is 0 Å². The summed E-state index contributed by atoms with van der Waals surface area (Å²) in [6.07, 6.45) is 1.84. The van der Waals surface area contributed by atoms with Crippen molar-refractivity contribution in [2.45, 2.75) is 53.0 Å². The third kappa shape index (κ3) is 2.43. The molecule has 1 amide bonds. The quantitative estimate of drug-likeness (QED) is 0.823. The molecule has 1 rings (SSSR count). The van der Waals surface area contributed by atoms with Crippen LogP contribution in [0.3, 0.4) is 0 Å². The second-order valence-electron chi connectivity index (χ2n) is 4.53. The number of nitrogens with one attached hydrogen (secondary N) is 2. The summed E-state index contributed by atoms with van der Waals surface area (Å²) in [5.41, 5.74) is 2.12. The summed E-state index contributed by atoms with van der Waals surface area (Å²) in [5.74, 6) is -0.0325. The van der Waals surface area contributed by atoms with Gasteiger partial charge in [-0.25, -0.2) is 0 Å². The number of nitrogens with zero attached hydrogens (tertiary/aromatic N) is 1. The van der Waals surface area contributed by atoms with Crippen LogP contribution >= 0.6 is 0 Å². The largest absolute Gasteiger partial charge is 0.347 e. The van der Waals surface area contributed by atoms with Crippen LogP contribution < -0.4 is 5.32 Å². The van der Waals surface area contributed by atoms with Gasteiger partial charge in [0.1, 0.15) is 0 Å². The van der Waals surface area contributed by atoms with E-state index in [-0.39, 0.29) is 11.4 Å². The Morgan fingerprint density at radius 3 is 2.31 bits per heavy atom. The van der Waals surface area contributed by atoms with E-state index in [9.17, 15) is 4.79 Å². The first-order valence-corrected chi connectivity index (χ1v) is 5.77. The molecule has 0 spiro atoms. The Balaban J connectivity index is 2.88. The van der Waals surface area contributed by atoms with Crippen LogP contribution in [0.15, 0.2) is 0 Å². The third-order valence-corrected chi connectivity index (χ3v) is 3.33. The van der Waals surface area contributed by atoms with Crippen LogP contribution in [0, 0.1) is 13.8 Å². The number of hydrogen-bond acceptors (Lipinski definition) is 2. The predicted octanol–water partition coefficient (Wildman–Crippen LogP) is 2.34. The molecule has 90 valence electrons. The normalized spacial score (nSPS) is 11.6. The minimum absolute atomic E-state index is 0.0325. The van der Waals surface area contributed by atoms with Crippen LogP contribution in [0.4, 0.5) is 0 Å². The molecule has 1 heterocycles. The lowest BCUT2D eigenvalue weighted by atomic mass is 9.95. The van der Waals surface area contributed by atoms with Gasteiger partial charge >= 0.3 is 0 Å². The number of aromatic nitrogens is 2. The molecule has 2 N–H and O–H groups in total. The monoisotopic (exact) mass is 223 g/mol. The highest BCUT2D eigenvalue weighted by molar-refractivity contribution is 5.96. The van der Waals surface area contributed by atoms with Crippen LogP contribution in [0.2, 0.25) is 0 Å². The number of carbonyl (C=O) groups is 1. The van der Waals surface area contributed by atoms with Crippen LogP contribution in [-0.2, 0) is 0 Å². The lowest BCUT2D eigenvalue weighted by molar-refractivity contribution is 0.0900.